The predicted molar refractivity (Wildman–Crippen MR) is 122 cm³/mol. The highest BCUT2D eigenvalue weighted by molar-refractivity contribution is 9.10. The van der Waals surface area contributed by atoms with E-state index in [1.807, 2.05) is 66.7 Å². The lowest BCUT2D eigenvalue weighted by Gasteiger charge is -2.09. The summed E-state index contributed by atoms with van der Waals surface area (Å²) >= 11 is 9.68. The summed E-state index contributed by atoms with van der Waals surface area (Å²) in [6, 6.07) is 22.8. The van der Waals surface area contributed by atoms with E-state index in [1.165, 1.54) is 0 Å². The molecule has 0 atom stereocenters. The van der Waals surface area contributed by atoms with Crippen LogP contribution in [0.3, 0.4) is 0 Å². The molecule has 0 unspecified atom stereocenters. The second kappa shape index (κ2) is 7.10. The van der Waals surface area contributed by atoms with E-state index in [4.69, 9.17) is 16.0 Å². The van der Waals surface area contributed by atoms with Crippen molar-refractivity contribution in [3.8, 4) is 11.3 Å². The summed E-state index contributed by atoms with van der Waals surface area (Å²) in [5, 5.41) is 5.32. The van der Waals surface area contributed by atoms with Gasteiger partial charge in [0.25, 0.3) is 0 Å². The van der Waals surface area contributed by atoms with Crippen LogP contribution in [0.2, 0.25) is 5.02 Å². The van der Waals surface area contributed by atoms with Gasteiger partial charge in [0, 0.05) is 26.1 Å². The number of aromatic nitrogens is 1. The minimum Gasteiger partial charge on any atom is -0.422 e. The average molecular weight is 466 g/mol. The molecule has 0 spiro atoms. The zero-order valence-electron chi connectivity index (χ0n) is 15.0. The van der Waals surface area contributed by atoms with Crippen LogP contribution in [0.5, 0.6) is 0 Å². The zero-order chi connectivity index (χ0) is 20.0. The van der Waals surface area contributed by atoms with Gasteiger partial charge in [-0.1, -0.05) is 51.8 Å². The number of para-hydroxylation sites is 1. The van der Waals surface area contributed by atoms with Crippen molar-refractivity contribution in [3.05, 3.63) is 92.7 Å². The summed E-state index contributed by atoms with van der Waals surface area (Å²) in [6.07, 6.45) is 0. The van der Waals surface area contributed by atoms with Gasteiger partial charge in [0.1, 0.15) is 11.0 Å². The maximum atomic E-state index is 12.9. The first-order valence-corrected chi connectivity index (χ1v) is 10.1. The van der Waals surface area contributed by atoms with E-state index < -0.39 is 5.63 Å². The smallest absolute Gasteiger partial charge is 0.347 e. The van der Waals surface area contributed by atoms with Crippen LogP contribution < -0.4 is 10.9 Å². The van der Waals surface area contributed by atoms with Crippen molar-refractivity contribution in [1.82, 2.24) is 4.98 Å². The van der Waals surface area contributed by atoms with Crippen molar-refractivity contribution in [1.29, 1.82) is 0 Å². The third-order valence-corrected chi connectivity index (χ3v) is 5.55. The Morgan fingerprint density at radius 2 is 1.76 bits per heavy atom. The van der Waals surface area contributed by atoms with E-state index in [0.29, 0.717) is 21.7 Å². The first-order chi connectivity index (χ1) is 14.1. The highest BCUT2D eigenvalue weighted by Crippen LogP contribution is 2.38. The van der Waals surface area contributed by atoms with Gasteiger partial charge in [0.2, 0.25) is 0 Å². The van der Waals surface area contributed by atoms with Gasteiger partial charge in [-0.15, -0.1) is 0 Å². The van der Waals surface area contributed by atoms with E-state index in [2.05, 4.69) is 26.2 Å². The summed E-state index contributed by atoms with van der Waals surface area (Å²) in [7, 11) is 0. The minimum absolute atomic E-state index is 0.400. The quantitative estimate of drug-likeness (QED) is 0.279. The lowest BCUT2D eigenvalue weighted by molar-refractivity contribution is 0.570. The Morgan fingerprint density at radius 3 is 2.55 bits per heavy atom. The Kier molecular flexibility index (Phi) is 4.42. The van der Waals surface area contributed by atoms with Crippen molar-refractivity contribution in [3.63, 3.8) is 0 Å². The van der Waals surface area contributed by atoms with E-state index in [1.54, 1.807) is 6.07 Å². The van der Waals surface area contributed by atoms with Crippen molar-refractivity contribution in [2.45, 2.75) is 0 Å². The molecule has 2 aromatic heterocycles. The molecule has 2 heterocycles. The van der Waals surface area contributed by atoms with Gasteiger partial charge in [-0.25, -0.2) is 4.79 Å². The van der Waals surface area contributed by atoms with Crippen LogP contribution >= 0.6 is 27.5 Å². The molecule has 0 aliphatic rings. The monoisotopic (exact) mass is 464 g/mol. The molecule has 0 fully saturated rings. The summed E-state index contributed by atoms with van der Waals surface area (Å²) in [4.78, 5) is 16.3. The van der Waals surface area contributed by atoms with Gasteiger partial charge in [0.15, 0.2) is 0 Å². The fraction of sp³-hybridized carbons (Fsp3) is 0. The van der Waals surface area contributed by atoms with Gasteiger partial charge >= 0.3 is 5.63 Å². The molecule has 0 aliphatic carbocycles. The Bertz CT molecular complexity index is 1420. The van der Waals surface area contributed by atoms with Crippen molar-refractivity contribution in [2.75, 3.05) is 5.32 Å². The minimum atomic E-state index is -0.400. The number of anilines is 2. The van der Waals surface area contributed by atoms with E-state index in [9.17, 15) is 4.79 Å². The highest BCUT2D eigenvalue weighted by atomic mass is 79.9. The number of H-pyrrole nitrogens is 1. The molecule has 5 aromatic rings. The summed E-state index contributed by atoms with van der Waals surface area (Å²) in [5.74, 6) is 0. The Labute approximate surface area is 179 Å². The van der Waals surface area contributed by atoms with Gasteiger partial charge in [0.05, 0.1) is 16.9 Å². The SMILES string of the molecule is O=c1oc2ccccc2c2[nH]c(-c3cccc(Cl)c3)c(Nc3ccc(Br)cc3)c12. The number of aromatic amines is 1. The summed E-state index contributed by atoms with van der Waals surface area (Å²) < 4.78 is 6.57. The molecule has 4 nitrogen and oxygen atoms in total. The van der Waals surface area contributed by atoms with Crippen LogP contribution in [0, 0.1) is 0 Å². The molecule has 142 valence electrons. The molecule has 0 saturated heterocycles. The molecular weight excluding hydrogens is 452 g/mol. The second-order valence-corrected chi connectivity index (χ2v) is 8.01. The molecule has 0 amide bonds. The number of fused-ring (bicyclic) bond motifs is 3. The lowest BCUT2D eigenvalue weighted by atomic mass is 10.1. The molecule has 6 heteroatoms. The molecule has 0 saturated carbocycles. The Morgan fingerprint density at radius 1 is 0.966 bits per heavy atom. The van der Waals surface area contributed by atoms with Gasteiger partial charge in [-0.2, -0.15) is 0 Å². The van der Waals surface area contributed by atoms with Crippen LogP contribution in [0.4, 0.5) is 11.4 Å². The van der Waals surface area contributed by atoms with E-state index in [-0.39, 0.29) is 0 Å². The lowest BCUT2D eigenvalue weighted by Crippen LogP contribution is -2.01. The predicted octanol–water partition coefficient (Wildman–Crippen LogP) is 7.10. The second-order valence-electron chi connectivity index (χ2n) is 6.65. The number of hydrogen-bond acceptors (Lipinski definition) is 3. The van der Waals surface area contributed by atoms with Crippen LogP contribution in [0.25, 0.3) is 33.1 Å². The standard InChI is InChI=1S/C23H14BrClN2O2/c24-14-8-10-16(11-9-14)26-22-19-21(17-6-1-2-7-18(17)29-23(19)28)27-20(22)13-4-3-5-15(25)12-13/h1-12,26-27H. The molecule has 0 radical (unpaired) electrons. The van der Waals surface area contributed by atoms with Gasteiger partial charge in [-0.3, -0.25) is 0 Å². The summed E-state index contributed by atoms with van der Waals surface area (Å²) in [5.41, 5.74) is 4.02. The number of halogens is 2. The fourth-order valence-electron chi connectivity index (χ4n) is 3.48. The number of rotatable bonds is 3. The molecule has 5 rings (SSSR count). The first kappa shape index (κ1) is 18.0. The molecule has 0 bridgehead atoms. The number of nitrogens with one attached hydrogen (secondary N) is 2. The maximum absolute atomic E-state index is 12.9. The van der Waals surface area contributed by atoms with Crippen molar-refractivity contribution in [2.24, 2.45) is 0 Å². The van der Waals surface area contributed by atoms with Crippen molar-refractivity contribution >= 4 is 60.8 Å². The van der Waals surface area contributed by atoms with Crippen LogP contribution in [-0.2, 0) is 0 Å². The largest absolute Gasteiger partial charge is 0.422 e. The highest BCUT2D eigenvalue weighted by Gasteiger charge is 2.20. The molecule has 3 aromatic carbocycles. The van der Waals surface area contributed by atoms with E-state index >= 15 is 0 Å². The average Bonchev–Trinajstić information content (AvgIpc) is 3.10. The zero-order valence-corrected chi connectivity index (χ0v) is 17.3. The molecule has 29 heavy (non-hydrogen) atoms. The Balaban J connectivity index is 1.84. The molecule has 2 N–H and O–H groups in total. The van der Waals surface area contributed by atoms with Crippen LogP contribution in [-0.4, -0.2) is 4.98 Å². The fourth-order valence-corrected chi connectivity index (χ4v) is 3.94. The topological polar surface area (TPSA) is 58.0 Å². The molecule has 0 aliphatic heterocycles. The third kappa shape index (κ3) is 3.22. The van der Waals surface area contributed by atoms with Crippen LogP contribution in [0.1, 0.15) is 0 Å². The van der Waals surface area contributed by atoms with Gasteiger partial charge < -0.3 is 14.7 Å². The third-order valence-electron chi connectivity index (χ3n) is 4.79. The normalized spacial score (nSPS) is 11.2. The van der Waals surface area contributed by atoms with Crippen LogP contribution in [0.15, 0.2) is 86.5 Å². The Hall–Kier alpha value is -3.02. The number of benzene rings is 3. The summed E-state index contributed by atoms with van der Waals surface area (Å²) in [6.45, 7) is 0. The number of hydrogen-bond donors (Lipinski definition) is 2. The van der Waals surface area contributed by atoms with Gasteiger partial charge in [-0.05, 0) is 48.5 Å². The molecular formula is C23H14BrClN2O2. The maximum Gasteiger partial charge on any atom is 0.347 e. The van der Waals surface area contributed by atoms with E-state index in [0.717, 1.165) is 32.3 Å². The first-order valence-electron chi connectivity index (χ1n) is 8.96. The van der Waals surface area contributed by atoms with Crippen molar-refractivity contribution < 1.29 is 4.42 Å².